The summed E-state index contributed by atoms with van der Waals surface area (Å²) in [7, 11) is 0. The molecular formula is C16H19NO. The molecule has 1 aromatic heterocycles. The molecule has 1 heterocycles. The maximum absolute atomic E-state index is 12.0. The summed E-state index contributed by atoms with van der Waals surface area (Å²) in [4.78, 5) is 12.0. The fourth-order valence-corrected chi connectivity index (χ4v) is 2.41. The summed E-state index contributed by atoms with van der Waals surface area (Å²) < 4.78 is 1.78. The molecule has 0 atom stereocenters. The van der Waals surface area contributed by atoms with Crippen LogP contribution in [0.25, 0.3) is 0 Å². The minimum Gasteiger partial charge on any atom is -0.311 e. The molecule has 18 heavy (non-hydrogen) atoms. The summed E-state index contributed by atoms with van der Waals surface area (Å²) in [6.07, 6.45) is 1.86. The minimum absolute atomic E-state index is 0.0943. The van der Waals surface area contributed by atoms with Crippen LogP contribution in [0.3, 0.4) is 0 Å². The lowest BCUT2D eigenvalue weighted by molar-refractivity contribution is 0.744. The summed E-state index contributed by atoms with van der Waals surface area (Å²) in [6, 6.07) is 8.12. The van der Waals surface area contributed by atoms with Crippen LogP contribution in [0.2, 0.25) is 0 Å². The molecule has 0 aliphatic carbocycles. The lowest BCUT2D eigenvalue weighted by Gasteiger charge is -2.13. The van der Waals surface area contributed by atoms with Crippen molar-refractivity contribution in [3.63, 3.8) is 0 Å². The van der Waals surface area contributed by atoms with E-state index >= 15 is 0 Å². The van der Waals surface area contributed by atoms with Crippen LogP contribution in [0, 0.1) is 27.7 Å². The van der Waals surface area contributed by atoms with E-state index in [1.807, 2.05) is 25.3 Å². The maximum Gasteiger partial charge on any atom is 0.253 e. The molecule has 0 saturated heterocycles. The molecule has 2 heteroatoms. The van der Waals surface area contributed by atoms with E-state index in [9.17, 15) is 4.79 Å². The lowest BCUT2D eigenvalue weighted by atomic mass is 10.00. The Bertz CT molecular complexity index is 615. The second-order valence-electron chi connectivity index (χ2n) is 5.00. The van der Waals surface area contributed by atoms with Gasteiger partial charge in [-0.3, -0.25) is 4.79 Å². The summed E-state index contributed by atoms with van der Waals surface area (Å²) in [5.74, 6) is 0. The van der Waals surface area contributed by atoms with E-state index in [0.717, 1.165) is 5.56 Å². The Hall–Kier alpha value is -1.83. The summed E-state index contributed by atoms with van der Waals surface area (Å²) in [5.41, 5.74) is 5.90. The van der Waals surface area contributed by atoms with Crippen LogP contribution in [0.4, 0.5) is 0 Å². The Morgan fingerprint density at radius 1 is 1.00 bits per heavy atom. The highest BCUT2D eigenvalue weighted by molar-refractivity contribution is 5.37. The normalized spacial score (nSPS) is 10.7. The van der Waals surface area contributed by atoms with Crippen LogP contribution >= 0.6 is 0 Å². The number of hydrogen-bond donors (Lipinski definition) is 0. The first-order valence-corrected chi connectivity index (χ1v) is 6.22. The first-order chi connectivity index (χ1) is 8.49. The van der Waals surface area contributed by atoms with Crippen molar-refractivity contribution in [2.75, 3.05) is 0 Å². The third-order valence-corrected chi connectivity index (χ3v) is 3.38. The van der Waals surface area contributed by atoms with E-state index in [4.69, 9.17) is 0 Å². The zero-order chi connectivity index (χ0) is 13.3. The van der Waals surface area contributed by atoms with Gasteiger partial charge in [-0.15, -0.1) is 0 Å². The molecule has 0 saturated carbocycles. The van der Waals surface area contributed by atoms with Gasteiger partial charge in [-0.2, -0.15) is 0 Å². The van der Waals surface area contributed by atoms with Crippen molar-refractivity contribution < 1.29 is 0 Å². The minimum atomic E-state index is 0.0943. The van der Waals surface area contributed by atoms with Crippen molar-refractivity contribution in [3.8, 4) is 0 Å². The Kier molecular flexibility index (Phi) is 3.37. The molecular weight excluding hydrogens is 222 g/mol. The molecule has 0 radical (unpaired) electrons. The van der Waals surface area contributed by atoms with E-state index in [0.29, 0.717) is 6.54 Å². The van der Waals surface area contributed by atoms with Crippen molar-refractivity contribution in [1.29, 1.82) is 0 Å². The third-order valence-electron chi connectivity index (χ3n) is 3.38. The van der Waals surface area contributed by atoms with E-state index in [1.165, 1.54) is 22.3 Å². The smallest absolute Gasteiger partial charge is 0.253 e. The van der Waals surface area contributed by atoms with Crippen molar-refractivity contribution >= 4 is 0 Å². The van der Waals surface area contributed by atoms with Crippen LogP contribution < -0.4 is 5.56 Å². The number of hydrogen-bond acceptors (Lipinski definition) is 1. The van der Waals surface area contributed by atoms with Crippen LogP contribution in [0.15, 0.2) is 35.3 Å². The largest absolute Gasteiger partial charge is 0.311 e. The molecule has 0 N–H and O–H groups in total. The average molecular weight is 241 g/mol. The van der Waals surface area contributed by atoms with E-state index in [1.54, 1.807) is 4.57 Å². The quantitative estimate of drug-likeness (QED) is 0.791. The standard InChI is InChI=1S/C16H19NO/c1-11-8-13(3)15(14(4)9-11)10-17-7-5-6-12(2)16(17)18/h5-9H,10H2,1-4H3. The van der Waals surface area contributed by atoms with E-state index in [2.05, 4.69) is 32.9 Å². The molecule has 0 spiro atoms. The molecule has 0 amide bonds. The van der Waals surface area contributed by atoms with Gasteiger partial charge >= 0.3 is 0 Å². The fourth-order valence-electron chi connectivity index (χ4n) is 2.41. The van der Waals surface area contributed by atoms with Gasteiger partial charge in [-0.1, -0.05) is 23.8 Å². The number of aryl methyl sites for hydroxylation is 4. The first kappa shape index (κ1) is 12.6. The molecule has 0 aliphatic rings. The van der Waals surface area contributed by atoms with Crippen LogP contribution in [-0.2, 0) is 6.54 Å². The predicted octanol–water partition coefficient (Wildman–Crippen LogP) is 3.13. The molecule has 1 aromatic carbocycles. The first-order valence-electron chi connectivity index (χ1n) is 6.22. The van der Waals surface area contributed by atoms with Gasteiger partial charge < -0.3 is 4.57 Å². The topological polar surface area (TPSA) is 22.0 Å². The maximum atomic E-state index is 12.0. The molecule has 0 bridgehead atoms. The van der Waals surface area contributed by atoms with Crippen LogP contribution in [0.5, 0.6) is 0 Å². The predicted molar refractivity (Wildman–Crippen MR) is 75.2 cm³/mol. The van der Waals surface area contributed by atoms with E-state index in [-0.39, 0.29) is 5.56 Å². The summed E-state index contributed by atoms with van der Waals surface area (Å²) in [6.45, 7) is 8.82. The SMILES string of the molecule is Cc1cc(C)c(Cn2cccc(C)c2=O)c(C)c1. The lowest BCUT2D eigenvalue weighted by Crippen LogP contribution is -2.22. The average Bonchev–Trinajstić information content (AvgIpc) is 2.28. The zero-order valence-corrected chi connectivity index (χ0v) is 11.4. The number of rotatable bonds is 2. The Morgan fingerprint density at radius 3 is 2.22 bits per heavy atom. The number of nitrogens with zero attached hydrogens (tertiary/aromatic N) is 1. The number of benzene rings is 1. The van der Waals surface area contributed by atoms with Crippen molar-refractivity contribution in [2.24, 2.45) is 0 Å². The summed E-state index contributed by atoms with van der Waals surface area (Å²) >= 11 is 0. The monoisotopic (exact) mass is 241 g/mol. The Labute approximate surface area is 108 Å². The molecule has 0 aliphatic heterocycles. The second kappa shape index (κ2) is 4.81. The van der Waals surface area contributed by atoms with Gasteiger partial charge in [0.1, 0.15) is 0 Å². The molecule has 0 unspecified atom stereocenters. The van der Waals surface area contributed by atoms with Crippen LogP contribution in [-0.4, -0.2) is 4.57 Å². The third kappa shape index (κ3) is 2.37. The van der Waals surface area contributed by atoms with Gasteiger partial charge in [0, 0.05) is 11.8 Å². The van der Waals surface area contributed by atoms with Gasteiger partial charge in [0.05, 0.1) is 6.54 Å². The number of aromatic nitrogens is 1. The molecule has 2 aromatic rings. The van der Waals surface area contributed by atoms with E-state index < -0.39 is 0 Å². The van der Waals surface area contributed by atoms with Gasteiger partial charge in [-0.05, 0) is 50.5 Å². The highest BCUT2D eigenvalue weighted by Gasteiger charge is 2.06. The van der Waals surface area contributed by atoms with Crippen molar-refractivity contribution in [2.45, 2.75) is 34.2 Å². The van der Waals surface area contributed by atoms with Gasteiger partial charge in [0.25, 0.3) is 5.56 Å². The number of pyridine rings is 1. The molecule has 2 rings (SSSR count). The second-order valence-corrected chi connectivity index (χ2v) is 5.00. The van der Waals surface area contributed by atoms with Gasteiger partial charge in [0.2, 0.25) is 0 Å². The van der Waals surface area contributed by atoms with Crippen molar-refractivity contribution in [3.05, 3.63) is 68.6 Å². The fraction of sp³-hybridized carbons (Fsp3) is 0.312. The highest BCUT2D eigenvalue weighted by Crippen LogP contribution is 2.17. The van der Waals surface area contributed by atoms with Gasteiger partial charge in [0.15, 0.2) is 0 Å². The van der Waals surface area contributed by atoms with Crippen molar-refractivity contribution in [1.82, 2.24) is 4.57 Å². The summed E-state index contributed by atoms with van der Waals surface area (Å²) in [5, 5.41) is 0. The molecule has 94 valence electrons. The highest BCUT2D eigenvalue weighted by atomic mass is 16.1. The van der Waals surface area contributed by atoms with Gasteiger partial charge in [-0.25, -0.2) is 0 Å². The zero-order valence-electron chi connectivity index (χ0n) is 11.4. The van der Waals surface area contributed by atoms with Crippen LogP contribution in [0.1, 0.15) is 27.8 Å². The molecule has 2 nitrogen and oxygen atoms in total. The Morgan fingerprint density at radius 2 is 1.61 bits per heavy atom. The Balaban J connectivity index is 2.47. The molecule has 0 fully saturated rings.